The number of carbonyl (C=O) groups excluding carboxylic acids is 1. The molecule has 1 saturated heterocycles. The van der Waals surface area contributed by atoms with E-state index in [4.69, 9.17) is 15.2 Å². The quantitative estimate of drug-likeness (QED) is 0.898. The summed E-state index contributed by atoms with van der Waals surface area (Å²) in [5.41, 5.74) is 6.99. The molecular formula is C16H25ClN2O3. The third-order valence-corrected chi connectivity index (χ3v) is 3.89. The number of likely N-dealkylation sites (tertiary alicyclic amines) is 1. The number of amides is 1. The number of hydrogen-bond acceptors (Lipinski definition) is 4. The van der Waals surface area contributed by atoms with E-state index in [1.807, 2.05) is 23.1 Å². The van der Waals surface area contributed by atoms with Crippen LogP contribution in [0.1, 0.15) is 24.8 Å². The van der Waals surface area contributed by atoms with Gasteiger partial charge in [-0.15, -0.1) is 12.4 Å². The Morgan fingerprint density at radius 2 is 2.05 bits per heavy atom. The van der Waals surface area contributed by atoms with Crippen molar-refractivity contribution in [1.82, 2.24) is 4.90 Å². The van der Waals surface area contributed by atoms with E-state index in [9.17, 15) is 4.79 Å². The van der Waals surface area contributed by atoms with Gasteiger partial charge in [0.2, 0.25) is 5.91 Å². The Balaban J connectivity index is 0.00000242. The van der Waals surface area contributed by atoms with Gasteiger partial charge < -0.3 is 20.1 Å². The van der Waals surface area contributed by atoms with Gasteiger partial charge >= 0.3 is 0 Å². The number of piperidine rings is 1. The molecule has 5 nitrogen and oxygen atoms in total. The zero-order chi connectivity index (χ0) is 15.2. The summed E-state index contributed by atoms with van der Waals surface area (Å²) < 4.78 is 10.5. The van der Waals surface area contributed by atoms with Crippen LogP contribution in [0.4, 0.5) is 0 Å². The van der Waals surface area contributed by atoms with Gasteiger partial charge in [0, 0.05) is 25.6 Å². The van der Waals surface area contributed by atoms with E-state index in [0.29, 0.717) is 30.9 Å². The highest BCUT2D eigenvalue weighted by molar-refractivity contribution is 5.85. The highest BCUT2D eigenvalue weighted by Crippen LogP contribution is 2.28. The van der Waals surface area contributed by atoms with E-state index in [0.717, 1.165) is 24.9 Å². The van der Waals surface area contributed by atoms with Crippen LogP contribution in [0.2, 0.25) is 0 Å². The van der Waals surface area contributed by atoms with E-state index < -0.39 is 0 Å². The molecule has 0 aromatic heterocycles. The number of rotatable bonds is 5. The second-order valence-electron chi connectivity index (χ2n) is 5.43. The Morgan fingerprint density at radius 1 is 1.32 bits per heavy atom. The smallest absolute Gasteiger partial charge is 0.222 e. The minimum Gasteiger partial charge on any atom is -0.493 e. The first kappa shape index (κ1) is 18.6. The molecule has 1 aliphatic rings. The Labute approximate surface area is 138 Å². The van der Waals surface area contributed by atoms with Crippen molar-refractivity contribution in [1.29, 1.82) is 0 Å². The van der Waals surface area contributed by atoms with Crippen LogP contribution in [0.3, 0.4) is 0 Å². The topological polar surface area (TPSA) is 64.8 Å². The van der Waals surface area contributed by atoms with Crippen molar-refractivity contribution < 1.29 is 14.3 Å². The van der Waals surface area contributed by atoms with Gasteiger partial charge in [0.05, 0.1) is 14.2 Å². The van der Waals surface area contributed by atoms with E-state index >= 15 is 0 Å². The SMILES string of the molecule is COc1ccc(CCC(=O)N2CCCC(N)C2)cc1OC.Cl. The summed E-state index contributed by atoms with van der Waals surface area (Å²) in [5.74, 6) is 1.58. The van der Waals surface area contributed by atoms with Gasteiger partial charge in [-0.2, -0.15) is 0 Å². The van der Waals surface area contributed by atoms with Gasteiger partial charge in [0.1, 0.15) is 0 Å². The van der Waals surface area contributed by atoms with E-state index in [2.05, 4.69) is 0 Å². The fraction of sp³-hybridized carbons (Fsp3) is 0.562. The average Bonchev–Trinajstić information content (AvgIpc) is 2.52. The second kappa shape index (κ2) is 8.86. The van der Waals surface area contributed by atoms with Crippen LogP contribution >= 0.6 is 12.4 Å². The van der Waals surface area contributed by atoms with E-state index in [-0.39, 0.29) is 24.4 Å². The van der Waals surface area contributed by atoms with Crippen molar-refractivity contribution in [3.05, 3.63) is 23.8 Å². The van der Waals surface area contributed by atoms with Crippen molar-refractivity contribution in [3.8, 4) is 11.5 Å². The molecule has 0 bridgehead atoms. The molecule has 1 fully saturated rings. The van der Waals surface area contributed by atoms with Gasteiger partial charge in [-0.3, -0.25) is 4.79 Å². The van der Waals surface area contributed by atoms with Crippen LogP contribution in [0.5, 0.6) is 11.5 Å². The molecule has 6 heteroatoms. The molecule has 0 radical (unpaired) electrons. The first-order chi connectivity index (χ1) is 10.1. The van der Waals surface area contributed by atoms with Crippen LogP contribution in [0.25, 0.3) is 0 Å². The maximum absolute atomic E-state index is 12.2. The molecule has 1 aliphatic heterocycles. The van der Waals surface area contributed by atoms with Crippen LogP contribution < -0.4 is 15.2 Å². The number of ether oxygens (including phenoxy) is 2. The zero-order valence-electron chi connectivity index (χ0n) is 13.2. The molecule has 0 saturated carbocycles. The predicted octanol–water partition coefficient (Wildman–Crippen LogP) is 2.01. The lowest BCUT2D eigenvalue weighted by molar-refractivity contribution is -0.132. The van der Waals surface area contributed by atoms with E-state index in [1.165, 1.54) is 0 Å². The molecule has 1 aromatic carbocycles. The van der Waals surface area contributed by atoms with Crippen LogP contribution in [-0.2, 0) is 11.2 Å². The molecule has 1 heterocycles. The molecular weight excluding hydrogens is 304 g/mol. The lowest BCUT2D eigenvalue weighted by Gasteiger charge is -2.30. The summed E-state index contributed by atoms with van der Waals surface area (Å²) in [7, 11) is 3.22. The number of halogens is 1. The molecule has 124 valence electrons. The van der Waals surface area contributed by atoms with Gasteiger partial charge in [-0.1, -0.05) is 6.07 Å². The number of nitrogens with two attached hydrogens (primary N) is 1. The van der Waals surface area contributed by atoms with Gasteiger partial charge in [0.15, 0.2) is 11.5 Å². The fourth-order valence-corrected chi connectivity index (χ4v) is 2.68. The van der Waals surface area contributed by atoms with Gasteiger partial charge in [0.25, 0.3) is 0 Å². The molecule has 2 rings (SSSR count). The number of carbonyl (C=O) groups is 1. The van der Waals surface area contributed by atoms with Crippen molar-refractivity contribution in [2.75, 3.05) is 27.3 Å². The molecule has 2 N–H and O–H groups in total. The Hall–Kier alpha value is -1.46. The van der Waals surface area contributed by atoms with Crippen molar-refractivity contribution in [2.24, 2.45) is 5.73 Å². The lowest BCUT2D eigenvalue weighted by atomic mass is 10.0. The highest BCUT2D eigenvalue weighted by atomic mass is 35.5. The first-order valence-electron chi connectivity index (χ1n) is 7.38. The minimum absolute atomic E-state index is 0. The number of methoxy groups -OCH3 is 2. The van der Waals surface area contributed by atoms with Crippen LogP contribution in [-0.4, -0.2) is 44.2 Å². The first-order valence-corrected chi connectivity index (χ1v) is 7.38. The summed E-state index contributed by atoms with van der Waals surface area (Å²) in [4.78, 5) is 14.1. The maximum Gasteiger partial charge on any atom is 0.222 e. The third-order valence-electron chi connectivity index (χ3n) is 3.89. The summed E-state index contributed by atoms with van der Waals surface area (Å²) in [6.45, 7) is 1.52. The Bertz CT molecular complexity index is 496. The van der Waals surface area contributed by atoms with Gasteiger partial charge in [-0.25, -0.2) is 0 Å². The summed E-state index contributed by atoms with van der Waals surface area (Å²) in [6, 6.07) is 5.89. The monoisotopic (exact) mass is 328 g/mol. The third kappa shape index (κ3) is 4.78. The Kier molecular flexibility index (Phi) is 7.48. The molecule has 1 unspecified atom stereocenters. The Morgan fingerprint density at radius 3 is 2.68 bits per heavy atom. The second-order valence-corrected chi connectivity index (χ2v) is 5.43. The maximum atomic E-state index is 12.2. The molecule has 0 spiro atoms. The van der Waals surface area contributed by atoms with E-state index in [1.54, 1.807) is 14.2 Å². The normalized spacial score (nSPS) is 17.6. The molecule has 1 aromatic rings. The lowest BCUT2D eigenvalue weighted by Crippen LogP contribution is -2.45. The van der Waals surface area contributed by atoms with Crippen molar-refractivity contribution >= 4 is 18.3 Å². The summed E-state index contributed by atoms with van der Waals surface area (Å²) >= 11 is 0. The van der Waals surface area contributed by atoms with Crippen molar-refractivity contribution in [3.63, 3.8) is 0 Å². The molecule has 22 heavy (non-hydrogen) atoms. The highest BCUT2D eigenvalue weighted by Gasteiger charge is 2.20. The molecule has 0 aliphatic carbocycles. The van der Waals surface area contributed by atoms with Crippen LogP contribution in [0, 0.1) is 0 Å². The molecule has 1 atom stereocenters. The number of nitrogens with zero attached hydrogens (tertiary/aromatic N) is 1. The average molecular weight is 329 g/mol. The largest absolute Gasteiger partial charge is 0.493 e. The fourth-order valence-electron chi connectivity index (χ4n) is 2.68. The number of aryl methyl sites for hydroxylation is 1. The van der Waals surface area contributed by atoms with Crippen LogP contribution in [0.15, 0.2) is 18.2 Å². The minimum atomic E-state index is 0. The number of benzene rings is 1. The standard InChI is InChI=1S/C16H24N2O3.ClH/c1-20-14-7-5-12(10-15(14)21-2)6-8-16(19)18-9-3-4-13(17)11-18;/h5,7,10,13H,3-4,6,8-9,11,17H2,1-2H3;1H. The summed E-state index contributed by atoms with van der Waals surface area (Å²) in [6.07, 6.45) is 3.22. The predicted molar refractivity (Wildman–Crippen MR) is 88.9 cm³/mol. The van der Waals surface area contributed by atoms with Crippen molar-refractivity contribution in [2.45, 2.75) is 31.7 Å². The zero-order valence-corrected chi connectivity index (χ0v) is 14.0. The van der Waals surface area contributed by atoms with Gasteiger partial charge in [-0.05, 0) is 37.0 Å². The molecule has 1 amide bonds. The summed E-state index contributed by atoms with van der Waals surface area (Å²) in [5, 5.41) is 0. The number of hydrogen-bond donors (Lipinski definition) is 1.